The van der Waals surface area contributed by atoms with E-state index in [0.717, 1.165) is 18.7 Å². The summed E-state index contributed by atoms with van der Waals surface area (Å²) in [6.07, 6.45) is 5.95. The van der Waals surface area contributed by atoms with E-state index in [1.807, 2.05) is 0 Å². The summed E-state index contributed by atoms with van der Waals surface area (Å²) in [6.45, 7) is 0.759. The number of hydrogen-bond acceptors (Lipinski definition) is 3. The van der Waals surface area contributed by atoms with E-state index in [1.54, 1.807) is 17.3 Å². The van der Waals surface area contributed by atoms with Crippen molar-refractivity contribution in [1.82, 2.24) is 20.2 Å². The number of carboxylic acids is 1. The van der Waals surface area contributed by atoms with Gasteiger partial charge in [-0.2, -0.15) is 0 Å². The highest BCUT2D eigenvalue weighted by Gasteiger charge is 2.32. The summed E-state index contributed by atoms with van der Waals surface area (Å²) in [5.74, 6) is -0.0576. The molecule has 0 aromatic carbocycles. The van der Waals surface area contributed by atoms with Crippen molar-refractivity contribution >= 4 is 12.0 Å². The van der Waals surface area contributed by atoms with Crippen molar-refractivity contribution in [3.8, 4) is 0 Å². The molecule has 1 aliphatic rings. The van der Waals surface area contributed by atoms with Crippen molar-refractivity contribution in [2.24, 2.45) is 0 Å². The number of aromatic nitrogens is 2. The van der Waals surface area contributed by atoms with E-state index in [9.17, 15) is 9.59 Å². The van der Waals surface area contributed by atoms with Gasteiger partial charge in [-0.25, -0.2) is 9.78 Å². The molecule has 1 saturated carbocycles. The van der Waals surface area contributed by atoms with Gasteiger partial charge in [0, 0.05) is 37.9 Å². The van der Waals surface area contributed by atoms with Gasteiger partial charge >= 0.3 is 12.0 Å². The van der Waals surface area contributed by atoms with Gasteiger partial charge in [-0.1, -0.05) is 0 Å². The maximum Gasteiger partial charge on any atom is 0.317 e. The number of amides is 2. The Labute approximate surface area is 111 Å². The SMILES string of the molecule is O=C(O)CCN(C(=O)NCCc1ncc[nH]1)C1CC1. The lowest BCUT2D eigenvalue weighted by atomic mass is 10.3. The molecular formula is C12H18N4O3. The van der Waals surface area contributed by atoms with Crippen LogP contribution in [0.3, 0.4) is 0 Å². The zero-order chi connectivity index (χ0) is 13.7. The van der Waals surface area contributed by atoms with Crippen molar-refractivity contribution in [3.05, 3.63) is 18.2 Å². The molecule has 0 spiro atoms. The molecule has 0 unspecified atom stereocenters. The minimum absolute atomic E-state index is 0.0118. The maximum absolute atomic E-state index is 12.0. The van der Waals surface area contributed by atoms with Gasteiger partial charge in [-0.3, -0.25) is 4.79 Å². The van der Waals surface area contributed by atoms with E-state index < -0.39 is 5.97 Å². The standard InChI is InChI=1S/C12H18N4O3/c17-11(18)4-8-16(9-1-2-9)12(19)15-5-3-10-13-6-7-14-10/h6-7,9H,1-5,8H2,(H,13,14)(H,15,19)(H,17,18). The van der Waals surface area contributed by atoms with Crippen LogP contribution in [-0.2, 0) is 11.2 Å². The summed E-state index contributed by atoms with van der Waals surface area (Å²) in [4.78, 5) is 31.2. The minimum atomic E-state index is -0.881. The molecule has 1 aromatic rings. The number of carbonyl (C=O) groups is 2. The van der Waals surface area contributed by atoms with Crippen molar-refractivity contribution in [3.63, 3.8) is 0 Å². The number of aliphatic carboxylic acids is 1. The average molecular weight is 266 g/mol. The molecule has 0 saturated heterocycles. The zero-order valence-corrected chi connectivity index (χ0v) is 10.6. The third-order valence-electron chi connectivity index (χ3n) is 3.01. The number of nitrogens with one attached hydrogen (secondary N) is 2. The molecule has 0 aliphatic heterocycles. The molecule has 0 bridgehead atoms. The van der Waals surface area contributed by atoms with Gasteiger partial charge in [-0.15, -0.1) is 0 Å². The summed E-state index contributed by atoms with van der Waals surface area (Å²) in [7, 11) is 0. The van der Waals surface area contributed by atoms with E-state index in [4.69, 9.17) is 5.11 Å². The Morgan fingerprint density at radius 3 is 2.89 bits per heavy atom. The fourth-order valence-corrected chi connectivity index (χ4v) is 1.88. The number of urea groups is 1. The third kappa shape index (κ3) is 4.27. The van der Waals surface area contributed by atoms with E-state index in [2.05, 4.69) is 15.3 Å². The lowest BCUT2D eigenvalue weighted by Crippen LogP contribution is -2.43. The molecule has 19 heavy (non-hydrogen) atoms. The van der Waals surface area contributed by atoms with Crippen molar-refractivity contribution in [2.45, 2.75) is 31.7 Å². The molecule has 7 heteroatoms. The van der Waals surface area contributed by atoms with Crippen LogP contribution in [0.2, 0.25) is 0 Å². The van der Waals surface area contributed by atoms with E-state index in [1.165, 1.54) is 0 Å². The molecule has 2 amide bonds. The van der Waals surface area contributed by atoms with Crippen LogP contribution in [0.5, 0.6) is 0 Å². The molecule has 1 heterocycles. The van der Waals surface area contributed by atoms with Crippen LogP contribution >= 0.6 is 0 Å². The first kappa shape index (κ1) is 13.4. The molecule has 1 aliphatic carbocycles. The highest BCUT2D eigenvalue weighted by molar-refractivity contribution is 5.76. The van der Waals surface area contributed by atoms with Gasteiger partial charge in [0.25, 0.3) is 0 Å². The summed E-state index contributed by atoms with van der Waals surface area (Å²) in [5, 5.41) is 11.5. The minimum Gasteiger partial charge on any atom is -0.481 e. The number of carboxylic acid groups (broad SMARTS) is 1. The summed E-state index contributed by atoms with van der Waals surface area (Å²) < 4.78 is 0. The summed E-state index contributed by atoms with van der Waals surface area (Å²) in [6, 6.07) is 0.0262. The van der Waals surface area contributed by atoms with Gasteiger partial charge in [0.1, 0.15) is 5.82 Å². The second kappa shape index (κ2) is 6.21. The Morgan fingerprint density at radius 2 is 2.32 bits per heavy atom. The average Bonchev–Trinajstić information content (AvgIpc) is 3.06. The Balaban J connectivity index is 1.74. The molecule has 2 rings (SSSR count). The number of hydrogen-bond donors (Lipinski definition) is 3. The Kier molecular flexibility index (Phi) is 4.38. The second-order valence-corrected chi connectivity index (χ2v) is 4.59. The monoisotopic (exact) mass is 266 g/mol. The van der Waals surface area contributed by atoms with Crippen LogP contribution in [0.25, 0.3) is 0 Å². The van der Waals surface area contributed by atoms with Gasteiger partial charge in [0.05, 0.1) is 6.42 Å². The first-order valence-electron chi connectivity index (χ1n) is 6.41. The zero-order valence-electron chi connectivity index (χ0n) is 10.6. The smallest absolute Gasteiger partial charge is 0.317 e. The number of aromatic amines is 1. The van der Waals surface area contributed by atoms with Crippen molar-refractivity contribution < 1.29 is 14.7 Å². The molecule has 7 nitrogen and oxygen atoms in total. The second-order valence-electron chi connectivity index (χ2n) is 4.59. The van der Waals surface area contributed by atoms with Gasteiger partial charge in [-0.05, 0) is 12.8 Å². The highest BCUT2D eigenvalue weighted by Crippen LogP contribution is 2.26. The first-order valence-corrected chi connectivity index (χ1v) is 6.41. The topological polar surface area (TPSA) is 98.3 Å². The Morgan fingerprint density at radius 1 is 1.53 bits per heavy atom. The Hall–Kier alpha value is -2.05. The molecule has 0 radical (unpaired) electrons. The molecule has 104 valence electrons. The van der Waals surface area contributed by atoms with Crippen LogP contribution in [0.1, 0.15) is 25.1 Å². The maximum atomic E-state index is 12.0. The lowest BCUT2D eigenvalue weighted by molar-refractivity contribution is -0.137. The number of imidazole rings is 1. The van der Waals surface area contributed by atoms with Crippen LogP contribution in [0.4, 0.5) is 4.79 Å². The van der Waals surface area contributed by atoms with Gasteiger partial charge < -0.3 is 20.3 Å². The van der Waals surface area contributed by atoms with E-state index >= 15 is 0 Å². The summed E-state index contributed by atoms with van der Waals surface area (Å²) >= 11 is 0. The number of H-pyrrole nitrogens is 1. The normalized spacial score (nSPS) is 14.1. The fraction of sp³-hybridized carbons (Fsp3) is 0.583. The third-order valence-corrected chi connectivity index (χ3v) is 3.01. The highest BCUT2D eigenvalue weighted by atomic mass is 16.4. The van der Waals surface area contributed by atoms with Crippen LogP contribution in [0, 0.1) is 0 Å². The molecule has 0 atom stereocenters. The molecule has 1 aromatic heterocycles. The van der Waals surface area contributed by atoms with Crippen molar-refractivity contribution in [1.29, 1.82) is 0 Å². The predicted molar refractivity (Wildman–Crippen MR) is 67.7 cm³/mol. The van der Waals surface area contributed by atoms with Crippen molar-refractivity contribution in [2.75, 3.05) is 13.1 Å². The number of rotatable bonds is 7. The van der Waals surface area contributed by atoms with Crippen LogP contribution < -0.4 is 5.32 Å². The predicted octanol–water partition coefficient (Wildman–Crippen LogP) is 0.601. The first-order chi connectivity index (χ1) is 9.16. The number of carbonyl (C=O) groups excluding carboxylic acids is 1. The lowest BCUT2D eigenvalue weighted by Gasteiger charge is -2.21. The molecule has 3 N–H and O–H groups in total. The molecular weight excluding hydrogens is 248 g/mol. The van der Waals surface area contributed by atoms with E-state index in [-0.39, 0.29) is 25.0 Å². The Bertz CT molecular complexity index is 428. The number of nitrogens with zero attached hydrogens (tertiary/aromatic N) is 2. The largest absolute Gasteiger partial charge is 0.481 e. The van der Waals surface area contributed by atoms with E-state index in [0.29, 0.717) is 13.0 Å². The van der Waals surface area contributed by atoms with Crippen LogP contribution in [0.15, 0.2) is 12.4 Å². The van der Waals surface area contributed by atoms with Gasteiger partial charge in [0.15, 0.2) is 0 Å². The van der Waals surface area contributed by atoms with Crippen LogP contribution in [-0.4, -0.2) is 51.1 Å². The van der Waals surface area contributed by atoms with Gasteiger partial charge in [0.2, 0.25) is 0 Å². The quantitative estimate of drug-likeness (QED) is 0.673. The fourth-order valence-electron chi connectivity index (χ4n) is 1.88. The summed E-state index contributed by atoms with van der Waals surface area (Å²) in [5.41, 5.74) is 0. The molecule has 1 fully saturated rings.